The average Bonchev–Trinajstić information content (AvgIpc) is 3.99. The van der Waals surface area contributed by atoms with Crippen LogP contribution in [0.25, 0.3) is 0 Å². The topological polar surface area (TPSA) is 153 Å². The van der Waals surface area contributed by atoms with E-state index in [1.165, 1.54) is 24.3 Å². The normalized spacial score (nSPS) is 25.7. The summed E-state index contributed by atoms with van der Waals surface area (Å²) in [5.41, 5.74) is 2.04. The summed E-state index contributed by atoms with van der Waals surface area (Å²) in [5, 5.41) is 33.0. The van der Waals surface area contributed by atoms with E-state index in [1.807, 2.05) is 21.5 Å². The van der Waals surface area contributed by atoms with Crippen molar-refractivity contribution in [1.82, 2.24) is 49.9 Å². The van der Waals surface area contributed by atoms with Gasteiger partial charge in [-0.1, -0.05) is 60.8 Å². The van der Waals surface area contributed by atoms with Crippen molar-refractivity contribution in [3.05, 3.63) is 112 Å². The van der Waals surface area contributed by atoms with Gasteiger partial charge in [-0.2, -0.15) is 46.5 Å². The summed E-state index contributed by atoms with van der Waals surface area (Å²) in [5.74, 6) is 4.46. The fourth-order valence-electron chi connectivity index (χ4n) is 12.4. The second-order valence-electron chi connectivity index (χ2n) is 20.4. The SMILES string of the molecule is COc1cc(N2C[C@H]3CC[C@@H](C2)C3Nc2nc3n(n2)CCCC[C@@H]3c2cccc(C(F)(F)F)c2)cnn1.FC(F)(F)c1cccc([C@H]2CCCCn3nc(NC4[C@@H]5CC[C@H]4CN(c4cnnc(Cl)c4)C5)nc32)c1. The van der Waals surface area contributed by atoms with Gasteiger partial charge in [0.2, 0.25) is 17.8 Å². The fourth-order valence-corrected chi connectivity index (χ4v) is 12.6. The first-order chi connectivity index (χ1) is 35.2. The van der Waals surface area contributed by atoms with E-state index in [2.05, 4.69) is 40.8 Å². The van der Waals surface area contributed by atoms with Crippen molar-refractivity contribution in [1.29, 1.82) is 0 Å². The molecule has 2 saturated carbocycles. The minimum Gasteiger partial charge on any atom is -0.480 e. The van der Waals surface area contributed by atoms with Crippen molar-refractivity contribution >= 4 is 34.9 Å². The number of piperidine rings is 2. The molecule has 6 aromatic rings. The zero-order valence-electron chi connectivity index (χ0n) is 40.3. The second kappa shape index (κ2) is 20.2. The molecule has 4 fully saturated rings. The van der Waals surface area contributed by atoms with Crippen molar-refractivity contribution in [2.45, 2.75) is 114 Å². The molecule has 4 aliphatic heterocycles. The van der Waals surface area contributed by atoms with Crippen molar-refractivity contribution in [2.75, 3.05) is 53.7 Å². The summed E-state index contributed by atoms with van der Waals surface area (Å²) in [6, 6.07) is 15.6. The third-order valence-electron chi connectivity index (χ3n) is 15.9. The number of rotatable bonds is 9. The van der Waals surface area contributed by atoms with Crippen LogP contribution in [0.5, 0.6) is 5.88 Å². The standard InChI is InChI=1S/C26H30F3N7O.C25H27ClF3N7/c1-37-22-12-20(13-30-33-22)35-14-17-8-9-18(15-35)23(17)31-25-32-24-21(7-2-3-10-36(24)34-25)16-5-4-6-19(11-16)26(27,28)29;26-21-11-19(12-30-33-21)35-13-16-7-8-17(14-35)22(16)31-24-32-23-20(6-1-2-9-36(23)34-24)15-4-3-5-18(10-15)25(27,28)29/h4-6,11-13,17-18,21,23H,2-3,7-10,14-15H2,1H3,(H,31,34);3-5,10-12,16-17,20,22H,1-2,6-9,13-14H2,(H,31,34)/t17-,18+,21-,23?;16-,17+,20-,22?/m11/s1. The molecule has 2 aliphatic carbocycles. The number of halogens is 7. The Hall–Kier alpha value is -6.25. The van der Waals surface area contributed by atoms with E-state index in [9.17, 15) is 26.3 Å². The minimum atomic E-state index is -4.37. The van der Waals surface area contributed by atoms with Gasteiger partial charge < -0.3 is 25.2 Å². The van der Waals surface area contributed by atoms with Gasteiger partial charge in [-0.3, -0.25) is 0 Å². The maximum atomic E-state index is 13.4. The highest BCUT2D eigenvalue weighted by Gasteiger charge is 2.45. The van der Waals surface area contributed by atoms with Gasteiger partial charge in [0.25, 0.3) is 0 Å². The van der Waals surface area contributed by atoms with Gasteiger partial charge in [0, 0.05) is 75.3 Å². The Labute approximate surface area is 423 Å². The Balaban J connectivity index is 0.000000157. The smallest absolute Gasteiger partial charge is 0.416 e. The van der Waals surface area contributed by atoms with E-state index in [-0.39, 0.29) is 23.9 Å². The van der Waals surface area contributed by atoms with Gasteiger partial charge in [0.05, 0.1) is 42.0 Å². The van der Waals surface area contributed by atoms with E-state index in [0.29, 0.717) is 57.7 Å². The number of hydrogen-bond acceptors (Lipinski definition) is 13. The molecule has 0 spiro atoms. The number of ether oxygens (including phenoxy) is 1. The van der Waals surface area contributed by atoms with E-state index in [0.717, 1.165) is 139 Å². The molecule has 8 atom stereocenters. The summed E-state index contributed by atoms with van der Waals surface area (Å²) in [7, 11) is 1.59. The summed E-state index contributed by atoms with van der Waals surface area (Å²) in [6.45, 7) is 5.00. The molecule has 2 saturated heterocycles. The molecule has 22 heteroatoms. The number of nitrogens with zero attached hydrogens (tertiary/aromatic N) is 12. The van der Waals surface area contributed by atoms with E-state index in [1.54, 1.807) is 31.6 Å². The van der Waals surface area contributed by atoms with Crippen LogP contribution >= 0.6 is 11.6 Å². The van der Waals surface area contributed by atoms with Crippen LogP contribution in [-0.4, -0.2) is 95.3 Å². The largest absolute Gasteiger partial charge is 0.480 e. The van der Waals surface area contributed by atoms with Gasteiger partial charge in [-0.05, 0) is 98.3 Å². The monoisotopic (exact) mass is 1030 g/mol. The first-order valence-corrected chi connectivity index (χ1v) is 25.7. The summed E-state index contributed by atoms with van der Waals surface area (Å²) < 4.78 is 89.2. The van der Waals surface area contributed by atoms with Crippen molar-refractivity contribution in [3.8, 4) is 5.88 Å². The lowest BCUT2D eigenvalue weighted by atomic mass is 9.92. The Morgan fingerprint density at radius 2 is 1.03 bits per heavy atom. The van der Waals surface area contributed by atoms with E-state index in [4.69, 9.17) is 36.5 Å². The first-order valence-electron chi connectivity index (χ1n) is 25.4. The van der Waals surface area contributed by atoms with Crippen LogP contribution in [0.2, 0.25) is 5.15 Å². The maximum Gasteiger partial charge on any atom is 0.416 e. The Kier molecular flexibility index (Phi) is 13.6. The van der Waals surface area contributed by atoms with Crippen LogP contribution in [-0.2, 0) is 25.4 Å². The van der Waals surface area contributed by atoms with Crippen LogP contribution in [0.1, 0.15) is 110 Å². The molecule has 2 N–H and O–H groups in total. The molecule has 6 aliphatic rings. The molecule has 12 rings (SSSR count). The number of methoxy groups -OCH3 is 1. The van der Waals surface area contributed by atoms with Gasteiger partial charge >= 0.3 is 12.4 Å². The molecule has 4 bridgehead atoms. The van der Waals surface area contributed by atoms with Crippen LogP contribution < -0.4 is 25.2 Å². The number of aromatic nitrogens is 10. The highest BCUT2D eigenvalue weighted by atomic mass is 35.5. The highest BCUT2D eigenvalue weighted by Crippen LogP contribution is 2.44. The Morgan fingerprint density at radius 1 is 0.575 bits per heavy atom. The number of fused-ring (bicyclic) bond motifs is 6. The van der Waals surface area contributed by atoms with Gasteiger partial charge in [-0.15, -0.1) is 20.4 Å². The number of anilines is 4. The van der Waals surface area contributed by atoms with Crippen molar-refractivity contribution in [2.24, 2.45) is 23.7 Å². The number of alkyl halides is 6. The van der Waals surface area contributed by atoms with Crippen molar-refractivity contribution in [3.63, 3.8) is 0 Å². The van der Waals surface area contributed by atoms with Gasteiger partial charge in [0.1, 0.15) is 11.6 Å². The third-order valence-corrected chi connectivity index (χ3v) is 16.1. The number of benzene rings is 2. The summed E-state index contributed by atoms with van der Waals surface area (Å²) in [4.78, 5) is 14.4. The Morgan fingerprint density at radius 3 is 1.47 bits per heavy atom. The molecule has 0 radical (unpaired) electrons. The van der Waals surface area contributed by atoms with Gasteiger partial charge in [0.15, 0.2) is 5.15 Å². The van der Waals surface area contributed by atoms with Crippen LogP contribution in [0.4, 0.5) is 49.6 Å². The molecular formula is C51H57ClF6N14O. The molecule has 8 heterocycles. The number of nitrogens with one attached hydrogen (secondary N) is 2. The third kappa shape index (κ3) is 10.5. The highest BCUT2D eigenvalue weighted by molar-refractivity contribution is 6.29. The summed E-state index contributed by atoms with van der Waals surface area (Å²) in [6.07, 6.45) is 4.48. The predicted molar refractivity (Wildman–Crippen MR) is 262 cm³/mol. The lowest BCUT2D eigenvalue weighted by molar-refractivity contribution is -0.138. The van der Waals surface area contributed by atoms with E-state index < -0.39 is 23.5 Å². The lowest BCUT2D eigenvalue weighted by Crippen LogP contribution is -2.48. The number of hydrogen-bond donors (Lipinski definition) is 2. The number of aryl methyl sites for hydroxylation is 2. The zero-order chi connectivity index (χ0) is 50.4. The average molecular weight is 1030 g/mol. The molecular weight excluding hydrogens is 974 g/mol. The molecule has 0 amide bonds. The summed E-state index contributed by atoms with van der Waals surface area (Å²) >= 11 is 6.05. The first kappa shape index (κ1) is 49.0. The van der Waals surface area contributed by atoms with Crippen LogP contribution in [0.3, 0.4) is 0 Å². The zero-order valence-corrected chi connectivity index (χ0v) is 41.0. The quantitative estimate of drug-likeness (QED) is 0.132. The molecule has 386 valence electrons. The molecule has 2 aromatic carbocycles. The van der Waals surface area contributed by atoms with E-state index >= 15 is 0 Å². The lowest BCUT2D eigenvalue weighted by Gasteiger charge is -2.39. The van der Waals surface area contributed by atoms with Crippen molar-refractivity contribution < 1.29 is 31.1 Å². The van der Waals surface area contributed by atoms with Crippen LogP contribution in [0.15, 0.2) is 73.1 Å². The molecule has 15 nitrogen and oxygen atoms in total. The predicted octanol–water partition coefficient (Wildman–Crippen LogP) is 10.1. The van der Waals surface area contributed by atoms with Crippen LogP contribution in [0, 0.1) is 23.7 Å². The Bertz CT molecular complexity index is 2870. The fraction of sp³-hybridized carbons (Fsp3) is 0.529. The second-order valence-corrected chi connectivity index (χ2v) is 20.8. The maximum absolute atomic E-state index is 13.4. The molecule has 73 heavy (non-hydrogen) atoms. The van der Waals surface area contributed by atoms with Gasteiger partial charge in [-0.25, -0.2) is 9.36 Å². The molecule has 4 aromatic heterocycles. The molecule has 2 unspecified atom stereocenters. The minimum absolute atomic E-state index is 0.208.